The number of carbonyl (C=O) groups is 4. The zero-order valence-electron chi connectivity index (χ0n) is 29.4. The zero-order valence-corrected chi connectivity index (χ0v) is 31.4. The maximum absolute atomic E-state index is 13.1. The van der Waals surface area contributed by atoms with Crippen molar-refractivity contribution in [3.8, 4) is 0 Å². The Morgan fingerprint density at radius 2 is 1.33 bits per heavy atom. The molecule has 3 rings (SSSR count). The number of amides is 3. The molecule has 2 aromatic carbocycles. The van der Waals surface area contributed by atoms with Gasteiger partial charge in [0.2, 0.25) is 11.8 Å². The van der Waals surface area contributed by atoms with Gasteiger partial charge in [-0.15, -0.1) is 0 Å². The number of H-pyrrole nitrogens is 1. The van der Waals surface area contributed by atoms with Crippen LogP contribution in [0.5, 0.6) is 0 Å². The number of nitrogens with zero attached hydrogens (tertiary/aromatic N) is 1. The summed E-state index contributed by atoms with van der Waals surface area (Å²) in [5.41, 5.74) is 1.08. The number of unbranched alkanes of at least 4 members (excludes halogenated alkanes) is 14. The summed E-state index contributed by atoms with van der Waals surface area (Å²) in [6, 6.07) is 11.2. The predicted octanol–water partition coefficient (Wildman–Crippen LogP) is 3.96. The quantitative estimate of drug-likeness (QED) is 0.0829. The summed E-state index contributed by atoms with van der Waals surface area (Å²) < 4.78 is 0. The summed E-state index contributed by atoms with van der Waals surface area (Å²) in [6.45, 7) is 2.26. The van der Waals surface area contributed by atoms with E-state index in [4.69, 9.17) is 0 Å². The summed E-state index contributed by atoms with van der Waals surface area (Å²) in [5, 5.41) is 19.5. The van der Waals surface area contributed by atoms with Crippen molar-refractivity contribution in [3.05, 3.63) is 77.9 Å². The molecule has 260 valence electrons. The van der Waals surface area contributed by atoms with Gasteiger partial charge < -0.3 is 30.8 Å². The van der Waals surface area contributed by atoms with Crippen molar-refractivity contribution in [2.75, 3.05) is 10.6 Å². The van der Waals surface area contributed by atoms with E-state index in [0.29, 0.717) is 23.5 Å². The Bertz CT molecular complexity index is 1400. The maximum atomic E-state index is 13.1. The molecule has 3 amide bonds. The van der Waals surface area contributed by atoms with Crippen molar-refractivity contribution >= 4 is 35.1 Å². The first kappa shape index (κ1) is 41.7. The fourth-order valence-corrected chi connectivity index (χ4v) is 5.59. The largest absolute Gasteiger partial charge is 1.00 e. The third-order valence-corrected chi connectivity index (χ3v) is 8.38. The molecule has 0 unspecified atom stereocenters. The van der Waals surface area contributed by atoms with Gasteiger partial charge in [0.25, 0.3) is 5.91 Å². The van der Waals surface area contributed by atoms with Gasteiger partial charge in [-0.1, -0.05) is 109 Å². The second-order valence-electron chi connectivity index (χ2n) is 12.4. The molecular weight excluding hydrogens is 629 g/mol. The van der Waals surface area contributed by atoms with E-state index in [0.717, 1.165) is 19.3 Å². The van der Waals surface area contributed by atoms with Gasteiger partial charge in [-0.3, -0.25) is 14.4 Å². The maximum Gasteiger partial charge on any atom is 1.00 e. The van der Waals surface area contributed by atoms with Crippen molar-refractivity contribution in [1.82, 2.24) is 15.3 Å². The topological polar surface area (TPSA) is 156 Å². The summed E-state index contributed by atoms with van der Waals surface area (Å²) in [5.74, 6) is -1.96. The number of carboxylic acids is 1. The van der Waals surface area contributed by atoms with Gasteiger partial charge >= 0.3 is 29.6 Å². The molecule has 3 aromatic rings. The van der Waals surface area contributed by atoms with Gasteiger partial charge in [-0.25, -0.2) is 4.98 Å². The SMILES string of the molecule is CCCCCCCCCCCCCCCCCC(=O)Nc1ccc(C(=O)N[C@@H](Cc2ncc[nH]2)C(=O)Nc2cccc(C(=O)[O-])c2)cc1.[Na+]. The summed E-state index contributed by atoms with van der Waals surface area (Å²) in [7, 11) is 0. The van der Waals surface area contributed by atoms with Gasteiger partial charge in [-0.05, 0) is 48.4 Å². The summed E-state index contributed by atoms with van der Waals surface area (Å²) in [6.07, 6.45) is 22.8. The minimum Gasteiger partial charge on any atom is -0.545 e. The minimum absolute atomic E-state index is 0. The fraction of sp³-hybridized carbons (Fsp3) is 0.500. The van der Waals surface area contributed by atoms with E-state index in [2.05, 4.69) is 32.8 Å². The van der Waals surface area contributed by atoms with Gasteiger partial charge in [0, 0.05) is 42.2 Å². The van der Waals surface area contributed by atoms with Gasteiger partial charge in [0.05, 0.1) is 5.97 Å². The Hall–Kier alpha value is -3.47. The second kappa shape index (κ2) is 24.6. The number of imidazole rings is 1. The molecule has 10 nitrogen and oxygen atoms in total. The predicted molar refractivity (Wildman–Crippen MR) is 188 cm³/mol. The van der Waals surface area contributed by atoms with Crippen LogP contribution in [0.25, 0.3) is 0 Å². The second-order valence-corrected chi connectivity index (χ2v) is 12.4. The van der Waals surface area contributed by atoms with Crippen LogP contribution in [0.15, 0.2) is 60.9 Å². The van der Waals surface area contributed by atoms with Crippen molar-refractivity contribution in [2.45, 2.75) is 122 Å². The first-order valence-electron chi connectivity index (χ1n) is 17.7. The Morgan fingerprint density at radius 1 is 0.735 bits per heavy atom. The van der Waals surface area contributed by atoms with Gasteiger partial charge in [0.15, 0.2) is 0 Å². The van der Waals surface area contributed by atoms with Crippen LogP contribution in [0.2, 0.25) is 0 Å². The van der Waals surface area contributed by atoms with E-state index in [9.17, 15) is 24.3 Å². The molecule has 0 saturated heterocycles. The molecule has 1 heterocycles. The van der Waals surface area contributed by atoms with E-state index >= 15 is 0 Å². The van der Waals surface area contributed by atoms with Crippen LogP contribution in [0.4, 0.5) is 11.4 Å². The number of hydrogen-bond donors (Lipinski definition) is 4. The average molecular weight is 682 g/mol. The van der Waals surface area contributed by atoms with Crippen molar-refractivity contribution in [2.24, 2.45) is 0 Å². The fourth-order valence-electron chi connectivity index (χ4n) is 5.59. The van der Waals surface area contributed by atoms with Crippen molar-refractivity contribution in [3.63, 3.8) is 0 Å². The molecule has 0 aliphatic heterocycles. The molecule has 0 aliphatic rings. The molecule has 0 fully saturated rings. The number of carbonyl (C=O) groups excluding carboxylic acids is 4. The smallest absolute Gasteiger partial charge is 0.545 e. The molecular formula is C38H52N5NaO5. The number of carboxylic acid groups (broad SMARTS) is 1. The molecule has 0 bridgehead atoms. The summed E-state index contributed by atoms with van der Waals surface area (Å²) >= 11 is 0. The molecule has 0 saturated carbocycles. The van der Waals surface area contributed by atoms with E-state index in [1.807, 2.05) is 0 Å². The molecule has 11 heteroatoms. The van der Waals surface area contributed by atoms with Crippen LogP contribution in [0.3, 0.4) is 0 Å². The molecule has 0 spiro atoms. The van der Waals surface area contributed by atoms with Gasteiger partial charge in [-0.2, -0.15) is 0 Å². The first-order chi connectivity index (χ1) is 23.4. The number of aromatic nitrogens is 2. The molecule has 0 radical (unpaired) electrons. The Kier molecular flexibility index (Phi) is 21.0. The normalized spacial score (nSPS) is 11.3. The monoisotopic (exact) mass is 681 g/mol. The van der Waals surface area contributed by atoms with Crippen molar-refractivity contribution in [1.29, 1.82) is 0 Å². The van der Waals surface area contributed by atoms with Crippen LogP contribution in [0.1, 0.15) is 136 Å². The Labute approximate surface area is 313 Å². The number of rotatable bonds is 24. The molecule has 4 N–H and O–H groups in total. The standard InChI is InChI=1S/C38H53N5O5.Na/c1-2-3-4-5-6-7-8-9-10-11-12-13-14-15-16-20-35(44)41-31-23-21-29(22-24-31)36(45)43-33(28-34-39-25-26-40-34)37(46)42-32-19-17-18-30(27-32)38(47)48;/h17-19,21-27,33H,2-16,20,28H2,1H3,(H,39,40)(H,41,44)(H,42,46)(H,43,45)(H,47,48);/q;+1/p-1/t33-;/m0./s1. The third kappa shape index (κ3) is 17.2. The molecule has 0 aliphatic carbocycles. The van der Waals surface area contributed by atoms with Crippen molar-refractivity contribution < 1.29 is 53.8 Å². The number of nitrogens with one attached hydrogen (secondary N) is 4. The first-order valence-corrected chi connectivity index (χ1v) is 17.7. The van der Waals surface area contributed by atoms with Crippen LogP contribution in [-0.2, 0) is 16.0 Å². The average Bonchev–Trinajstić information content (AvgIpc) is 3.60. The van der Waals surface area contributed by atoms with Crippen LogP contribution in [0, 0.1) is 0 Å². The Morgan fingerprint density at radius 3 is 1.88 bits per heavy atom. The van der Waals surface area contributed by atoms with E-state index < -0.39 is 23.8 Å². The third-order valence-electron chi connectivity index (χ3n) is 8.38. The minimum atomic E-state index is -1.36. The van der Waals surface area contributed by atoms with E-state index in [1.54, 1.807) is 42.7 Å². The van der Waals surface area contributed by atoms with Crippen LogP contribution in [-0.4, -0.2) is 39.7 Å². The molecule has 1 aromatic heterocycles. The van der Waals surface area contributed by atoms with Crippen LogP contribution < -0.4 is 50.6 Å². The van der Waals surface area contributed by atoms with Gasteiger partial charge in [0.1, 0.15) is 11.9 Å². The van der Waals surface area contributed by atoms with E-state index in [-0.39, 0.29) is 53.1 Å². The molecule has 49 heavy (non-hydrogen) atoms. The zero-order chi connectivity index (χ0) is 34.4. The number of aromatic amines is 1. The molecule has 1 atom stereocenters. The number of benzene rings is 2. The number of hydrogen-bond acceptors (Lipinski definition) is 6. The Balaban J connectivity index is 0.00000833. The number of anilines is 2. The van der Waals surface area contributed by atoms with Crippen LogP contribution >= 0.6 is 0 Å². The number of aromatic carboxylic acids is 1. The van der Waals surface area contributed by atoms with E-state index in [1.165, 1.54) is 95.2 Å². The summed E-state index contributed by atoms with van der Waals surface area (Å²) in [4.78, 5) is 57.0.